The molecule has 0 aliphatic carbocycles. The summed E-state index contributed by atoms with van der Waals surface area (Å²) in [6.07, 6.45) is 0. The molecule has 0 radical (unpaired) electrons. The van der Waals surface area contributed by atoms with Crippen molar-refractivity contribution < 1.29 is 0 Å². The zero-order valence-corrected chi connectivity index (χ0v) is 35.9. The summed E-state index contributed by atoms with van der Waals surface area (Å²) in [4.78, 5) is 0. The topological polar surface area (TPSA) is 14.8 Å². The largest absolute Gasteiger partial charge is 0.309 e. The Labute approximate surface area is 370 Å². The number of rotatable bonds is 5. The molecule has 0 bridgehead atoms. The molecule has 0 saturated heterocycles. The first-order valence-corrected chi connectivity index (χ1v) is 24.2. The molecule has 4 heteroatoms. The molecule has 3 nitrogen and oxygen atoms in total. The average Bonchev–Trinajstić information content (AvgIpc) is 4.08. The molecule has 64 heavy (non-hydrogen) atoms. The molecule has 298 valence electrons. The molecule has 0 saturated carbocycles. The third-order valence-electron chi connectivity index (χ3n) is 14.1. The molecule has 0 N–H and O–H groups in total. The van der Waals surface area contributed by atoms with E-state index in [-0.39, 0.29) is 0 Å². The Hall–Kier alpha value is -8.18. The van der Waals surface area contributed by atoms with Gasteiger partial charge in [-0.3, -0.25) is 0 Å². The van der Waals surface area contributed by atoms with Gasteiger partial charge in [-0.2, -0.15) is 0 Å². The number of aromatic nitrogens is 3. The maximum Gasteiger partial charge on any atom is 0.180 e. The second-order valence-corrected chi connectivity index (χ2v) is 21.0. The number of benzene rings is 10. The van der Waals surface area contributed by atoms with Crippen molar-refractivity contribution in [2.75, 3.05) is 0 Å². The maximum atomic E-state index is 2.46. The molecule has 0 amide bonds. The van der Waals surface area contributed by atoms with Gasteiger partial charge in [0.05, 0.1) is 33.1 Å². The van der Waals surface area contributed by atoms with Gasteiger partial charge >= 0.3 is 0 Å². The molecule has 0 fully saturated rings. The van der Waals surface area contributed by atoms with Gasteiger partial charge in [-0.05, 0) is 105 Å². The van der Waals surface area contributed by atoms with Crippen LogP contribution in [0.5, 0.6) is 0 Å². The van der Waals surface area contributed by atoms with Gasteiger partial charge in [0.25, 0.3) is 0 Å². The Balaban J connectivity index is 0.954. The van der Waals surface area contributed by atoms with Gasteiger partial charge in [0.1, 0.15) is 0 Å². The minimum Gasteiger partial charge on any atom is -0.309 e. The number of nitrogens with zero attached hydrogens (tertiary/aromatic N) is 3. The number of hydrogen-bond acceptors (Lipinski definition) is 0. The van der Waals surface area contributed by atoms with Crippen molar-refractivity contribution in [2.24, 2.45) is 0 Å². The molecule has 3 aromatic heterocycles. The molecule has 1 aliphatic rings. The summed E-state index contributed by atoms with van der Waals surface area (Å²) in [5, 5.41) is 13.2. The van der Waals surface area contributed by atoms with Crippen molar-refractivity contribution in [3.05, 3.63) is 237 Å². The average molecular weight is 830 g/mol. The second kappa shape index (κ2) is 13.4. The molecule has 13 aromatic rings. The summed E-state index contributed by atoms with van der Waals surface area (Å²) in [6, 6.07) is 88.4. The summed E-state index contributed by atoms with van der Waals surface area (Å²) >= 11 is 0. The third kappa shape index (κ3) is 4.75. The monoisotopic (exact) mass is 829 g/mol. The lowest BCUT2D eigenvalue weighted by Gasteiger charge is -2.31. The fourth-order valence-electron chi connectivity index (χ4n) is 11.5. The van der Waals surface area contributed by atoms with E-state index in [0.29, 0.717) is 0 Å². The van der Waals surface area contributed by atoms with E-state index in [1.165, 1.54) is 109 Å². The van der Waals surface area contributed by atoms with E-state index in [1.807, 2.05) is 0 Å². The quantitative estimate of drug-likeness (QED) is 0.154. The Morgan fingerprint density at radius 2 is 0.609 bits per heavy atom. The zero-order chi connectivity index (χ0) is 41.9. The molecule has 10 aromatic carbocycles. The molecule has 0 spiro atoms. The number of para-hydroxylation sites is 5. The predicted molar refractivity (Wildman–Crippen MR) is 272 cm³/mol. The first kappa shape index (κ1) is 35.4. The highest BCUT2D eigenvalue weighted by atomic mass is 28.3. The fraction of sp³-hybridized carbons (Fsp3) is 0. The SMILES string of the molecule is c1ccc([Si]2(c3ccc(-n4c5ccccc5c5cc(-n6c7ccccc7c7ccccc76)ccc54)cc3)c3ccccc3-c3cc(-n4c5ccccc5c5ccccc54)ccc32)cc1. The minimum absolute atomic E-state index is 1.16. The van der Waals surface area contributed by atoms with Crippen LogP contribution in [0, 0.1) is 0 Å². The van der Waals surface area contributed by atoms with Crippen LogP contribution < -0.4 is 20.7 Å². The standard InChI is InChI=1S/C60H39N3Si/c1-2-16-43(17-3-1)64(59-29-15-9-23-50(59)52-39-42(33-37-60(52)64)63-55-26-12-6-20-47(55)48-21-7-13-27-56(48)63)44-34-30-40(31-35-44)61-57-28-14-8-22-49(57)51-38-41(32-36-58(51)61)62-53-24-10-4-18-45(53)46-19-5-11-25-54(46)62/h1-39H. The van der Waals surface area contributed by atoms with Crippen molar-refractivity contribution in [2.45, 2.75) is 0 Å². The van der Waals surface area contributed by atoms with Crippen LogP contribution in [0.3, 0.4) is 0 Å². The van der Waals surface area contributed by atoms with Crippen LogP contribution in [0.2, 0.25) is 0 Å². The number of hydrogen-bond donors (Lipinski definition) is 0. The van der Waals surface area contributed by atoms with E-state index in [4.69, 9.17) is 0 Å². The van der Waals surface area contributed by atoms with Crippen LogP contribution >= 0.6 is 0 Å². The molecule has 1 aliphatic heterocycles. The highest BCUT2D eigenvalue weighted by Crippen LogP contribution is 2.38. The van der Waals surface area contributed by atoms with Crippen molar-refractivity contribution in [1.82, 2.24) is 13.7 Å². The van der Waals surface area contributed by atoms with E-state index in [9.17, 15) is 0 Å². The molecule has 14 rings (SSSR count). The van der Waals surface area contributed by atoms with Crippen molar-refractivity contribution >= 4 is 94.2 Å². The van der Waals surface area contributed by atoms with E-state index in [1.54, 1.807) is 0 Å². The highest BCUT2D eigenvalue weighted by molar-refractivity contribution is 7.22. The lowest BCUT2D eigenvalue weighted by atomic mass is 10.1. The van der Waals surface area contributed by atoms with Crippen LogP contribution in [-0.4, -0.2) is 21.8 Å². The van der Waals surface area contributed by atoms with E-state index < -0.39 is 8.07 Å². The summed E-state index contributed by atoms with van der Waals surface area (Å²) < 4.78 is 7.32. The number of fused-ring (bicyclic) bond motifs is 12. The van der Waals surface area contributed by atoms with Crippen molar-refractivity contribution in [1.29, 1.82) is 0 Å². The molecule has 4 heterocycles. The highest BCUT2D eigenvalue weighted by Gasteiger charge is 2.48. The van der Waals surface area contributed by atoms with Crippen LogP contribution in [0.15, 0.2) is 237 Å². The zero-order valence-electron chi connectivity index (χ0n) is 34.9. The van der Waals surface area contributed by atoms with Gasteiger partial charge in [0.15, 0.2) is 8.07 Å². The molecular formula is C60H39N3Si. The Kier molecular flexibility index (Phi) is 7.42. The fourth-order valence-corrected chi connectivity index (χ4v) is 16.7. The lowest BCUT2D eigenvalue weighted by Crippen LogP contribution is -2.72. The van der Waals surface area contributed by atoms with Crippen molar-refractivity contribution in [3.63, 3.8) is 0 Å². The molecule has 1 unspecified atom stereocenters. The van der Waals surface area contributed by atoms with Gasteiger partial charge < -0.3 is 13.7 Å². The van der Waals surface area contributed by atoms with Gasteiger partial charge in [0, 0.05) is 49.4 Å². The Morgan fingerprint density at radius 1 is 0.234 bits per heavy atom. The van der Waals surface area contributed by atoms with Gasteiger partial charge in [-0.1, -0.05) is 164 Å². The van der Waals surface area contributed by atoms with Gasteiger partial charge in [-0.15, -0.1) is 0 Å². The van der Waals surface area contributed by atoms with Crippen molar-refractivity contribution in [3.8, 4) is 28.2 Å². The lowest BCUT2D eigenvalue weighted by molar-refractivity contribution is 1.17. The van der Waals surface area contributed by atoms with E-state index in [0.717, 1.165) is 5.69 Å². The van der Waals surface area contributed by atoms with Crippen LogP contribution in [0.1, 0.15) is 0 Å². The third-order valence-corrected chi connectivity index (χ3v) is 19.0. The van der Waals surface area contributed by atoms with Crippen LogP contribution in [0.25, 0.3) is 93.6 Å². The Bertz CT molecular complexity index is 3910. The molecular weight excluding hydrogens is 791 g/mol. The maximum absolute atomic E-state index is 2.76. The summed E-state index contributed by atoms with van der Waals surface area (Å²) in [6.45, 7) is 0. The first-order chi connectivity index (χ1) is 31.8. The smallest absolute Gasteiger partial charge is 0.180 e. The first-order valence-electron chi connectivity index (χ1n) is 22.2. The van der Waals surface area contributed by atoms with Gasteiger partial charge in [0.2, 0.25) is 0 Å². The second-order valence-electron chi connectivity index (χ2n) is 17.2. The predicted octanol–water partition coefficient (Wildman–Crippen LogP) is 12.3. The van der Waals surface area contributed by atoms with Crippen LogP contribution in [-0.2, 0) is 0 Å². The van der Waals surface area contributed by atoms with E-state index in [2.05, 4.69) is 250 Å². The summed E-state index contributed by atoms with van der Waals surface area (Å²) in [5.74, 6) is 0. The summed E-state index contributed by atoms with van der Waals surface area (Å²) in [5.41, 5.74) is 13.5. The normalized spacial score (nSPS) is 14.6. The van der Waals surface area contributed by atoms with Crippen LogP contribution in [0.4, 0.5) is 0 Å². The summed E-state index contributed by atoms with van der Waals surface area (Å²) in [7, 11) is -2.76. The molecule has 1 atom stereocenters. The van der Waals surface area contributed by atoms with Gasteiger partial charge in [-0.25, -0.2) is 0 Å². The minimum atomic E-state index is -2.76. The Morgan fingerprint density at radius 3 is 1.17 bits per heavy atom. The van der Waals surface area contributed by atoms with E-state index >= 15 is 0 Å².